The summed E-state index contributed by atoms with van der Waals surface area (Å²) < 4.78 is 5.57. The van der Waals surface area contributed by atoms with E-state index in [0.717, 1.165) is 11.3 Å². The maximum Gasteiger partial charge on any atom is 0.119 e. The van der Waals surface area contributed by atoms with E-state index in [0.29, 0.717) is 12.5 Å². The SMILES string of the molecule is CC(C)C(S)COc1ccc(CO)cc1. The normalized spacial score (nSPS) is 12.9. The Kier molecular flexibility index (Phi) is 4.99. The second-order valence-corrected chi connectivity index (χ2v) is 4.59. The molecule has 1 unspecified atom stereocenters. The average molecular weight is 226 g/mol. The summed E-state index contributed by atoms with van der Waals surface area (Å²) in [6, 6.07) is 7.45. The van der Waals surface area contributed by atoms with E-state index in [1.54, 1.807) is 0 Å². The molecule has 0 aromatic heterocycles. The first kappa shape index (κ1) is 12.4. The number of aliphatic hydroxyl groups excluding tert-OH is 1. The number of hydrogen-bond acceptors (Lipinski definition) is 3. The van der Waals surface area contributed by atoms with Gasteiger partial charge in [-0.1, -0.05) is 26.0 Å². The summed E-state index contributed by atoms with van der Waals surface area (Å²) in [5.74, 6) is 1.33. The molecule has 1 aromatic rings. The van der Waals surface area contributed by atoms with Crippen LogP contribution in [0.1, 0.15) is 19.4 Å². The molecule has 15 heavy (non-hydrogen) atoms. The Balaban J connectivity index is 2.44. The second-order valence-electron chi connectivity index (χ2n) is 3.92. The van der Waals surface area contributed by atoms with E-state index < -0.39 is 0 Å². The number of benzene rings is 1. The van der Waals surface area contributed by atoms with Crippen molar-refractivity contribution < 1.29 is 9.84 Å². The summed E-state index contributed by atoms with van der Waals surface area (Å²) in [7, 11) is 0. The Morgan fingerprint density at radius 2 is 1.87 bits per heavy atom. The van der Waals surface area contributed by atoms with E-state index in [1.165, 1.54) is 0 Å². The quantitative estimate of drug-likeness (QED) is 0.755. The van der Waals surface area contributed by atoms with Gasteiger partial charge in [0.25, 0.3) is 0 Å². The lowest BCUT2D eigenvalue weighted by atomic mass is 10.1. The third-order valence-corrected chi connectivity index (χ3v) is 3.04. The summed E-state index contributed by atoms with van der Waals surface area (Å²) in [6.07, 6.45) is 0. The van der Waals surface area contributed by atoms with Crippen LogP contribution in [0.4, 0.5) is 0 Å². The fraction of sp³-hybridized carbons (Fsp3) is 0.500. The van der Waals surface area contributed by atoms with Crippen LogP contribution in [0, 0.1) is 5.92 Å². The van der Waals surface area contributed by atoms with Crippen molar-refractivity contribution in [2.45, 2.75) is 25.7 Å². The van der Waals surface area contributed by atoms with Gasteiger partial charge in [-0.3, -0.25) is 0 Å². The minimum absolute atomic E-state index is 0.0709. The van der Waals surface area contributed by atoms with Crippen molar-refractivity contribution in [2.75, 3.05) is 6.61 Å². The maximum atomic E-state index is 8.87. The highest BCUT2D eigenvalue weighted by Gasteiger charge is 2.08. The standard InChI is InChI=1S/C12H18O2S/c1-9(2)12(15)8-14-11-5-3-10(7-13)4-6-11/h3-6,9,12-13,15H,7-8H2,1-2H3. The van der Waals surface area contributed by atoms with Gasteiger partial charge >= 0.3 is 0 Å². The van der Waals surface area contributed by atoms with E-state index in [2.05, 4.69) is 26.5 Å². The van der Waals surface area contributed by atoms with Crippen LogP contribution in [0.15, 0.2) is 24.3 Å². The molecule has 3 heteroatoms. The lowest BCUT2D eigenvalue weighted by Crippen LogP contribution is -2.17. The Morgan fingerprint density at radius 3 is 2.33 bits per heavy atom. The maximum absolute atomic E-state index is 8.87. The molecule has 0 spiro atoms. The predicted octanol–water partition coefficient (Wildman–Crippen LogP) is 2.51. The van der Waals surface area contributed by atoms with Gasteiger partial charge in [-0.05, 0) is 23.6 Å². The van der Waals surface area contributed by atoms with Gasteiger partial charge in [-0.15, -0.1) is 0 Å². The molecule has 0 fully saturated rings. The first-order valence-electron chi connectivity index (χ1n) is 5.14. The lowest BCUT2D eigenvalue weighted by Gasteiger charge is -2.15. The highest BCUT2D eigenvalue weighted by Crippen LogP contribution is 2.15. The van der Waals surface area contributed by atoms with Gasteiger partial charge in [0.1, 0.15) is 12.4 Å². The molecule has 1 aromatic carbocycles. The smallest absolute Gasteiger partial charge is 0.119 e. The number of rotatable bonds is 5. The molecule has 1 N–H and O–H groups in total. The molecule has 0 saturated heterocycles. The largest absolute Gasteiger partial charge is 0.492 e. The third kappa shape index (κ3) is 4.14. The first-order valence-corrected chi connectivity index (χ1v) is 5.65. The zero-order chi connectivity index (χ0) is 11.3. The van der Waals surface area contributed by atoms with Crippen molar-refractivity contribution in [3.05, 3.63) is 29.8 Å². The highest BCUT2D eigenvalue weighted by molar-refractivity contribution is 7.81. The van der Waals surface area contributed by atoms with Crippen LogP contribution in [-0.2, 0) is 6.61 Å². The third-order valence-electron chi connectivity index (χ3n) is 2.30. The van der Waals surface area contributed by atoms with E-state index in [4.69, 9.17) is 9.84 Å². The van der Waals surface area contributed by atoms with Crippen LogP contribution in [-0.4, -0.2) is 17.0 Å². The zero-order valence-electron chi connectivity index (χ0n) is 9.18. The van der Waals surface area contributed by atoms with Gasteiger partial charge < -0.3 is 9.84 Å². The van der Waals surface area contributed by atoms with Crippen LogP contribution in [0.2, 0.25) is 0 Å². The minimum atomic E-state index is 0.0709. The fourth-order valence-corrected chi connectivity index (χ4v) is 1.14. The van der Waals surface area contributed by atoms with Crippen molar-refractivity contribution >= 4 is 12.6 Å². The molecule has 0 bridgehead atoms. The number of thiol groups is 1. The minimum Gasteiger partial charge on any atom is -0.492 e. The van der Waals surface area contributed by atoms with Crippen molar-refractivity contribution in [3.8, 4) is 5.75 Å². The van der Waals surface area contributed by atoms with Crippen molar-refractivity contribution in [3.63, 3.8) is 0 Å². The summed E-state index contributed by atoms with van der Waals surface area (Å²) in [5, 5.41) is 9.12. The Labute approximate surface area is 96.7 Å². The number of aliphatic hydroxyl groups is 1. The van der Waals surface area contributed by atoms with Crippen LogP contribution in [0.5, 0.6) is 5.75 Å². The van der Waals surface area contributed by atoms with Gasteiger partial charge in [0.05, 0.1) is 6.61 Å². The van der Waals surface area contributed by atoms with Gasteiger partial charge in [0.15, 0.2) is 0 Å². The number of hydrogen-bond donors (Lipinski definition) is 2. The highest BCUT2D eigenvalue weighted by atomic mass is 32.1. The predicted molar refractivity (Wildman–Crippen MR) is 65.5 cm³/mol. The molecule has 84 valence electrons. The van der Waals surface area contributed by atoms with Crippen LogP contribution in [0.3, 0.4) is 0 Å². The van der Waals surface area contributed by atoms with Crippen molar-refractivity contribution in [1.82, 2.24) is 0 Å². The molecule has 0 heterocycles. The van der Waals surface area contributed by atoms with E-state index in [-0.39, 0.29) is 11.9 Å². The Hall–Kier alpha value is -0.670. The van der Waals surface area contributed by atoms with Crippen molar-refractivity contribution in [1.29, 1.82) is 0 Å². The topological polar surface area (TPSA) is 29.5 Å². The number of ether oxygens (including phenoxy) is 1. The van der Waals surface area contributed by atoms with E-state index in [9.17, 15) is 0 Å². The fourth-order valence-electron chi connectivity index (χ4n) is 1.07. The second kappa shape index (κ2) is 6.03. The summed E-state index contributed by atoms with van der Waals surface area (Å²) in [4.78, 5) is 0. The Bertz CT molecular complexity index is 282. The molecule has 0 aliphatic carbocycles. The average Bonchev–Trinajstić information content (AvgIpc) is 2.26. The van der Waals surface area contributed by atoms with Gasteiger partial charge in [0.2, 0.25) is 0 Å². The van der Waals surface area contributed by atoms with E-state index >= 15 is 0 Å². The molecule has 0 aliphatic heterocycles. The zero-order valence-corrected chi connectivity index (χ0v) is 10.1. The van der Waals surface area contributed by atoms with Crippen LogP contribution < -0.4 is 4.74 Å². The molecular formula is C12H18O2S. The molecule has 0 radical (unpaired) electrons. The molecule has 0 saturated carbocycles. The van der Waals surface area contributed by atoms with E-state index in [1.807, 2.05) is 24.3 Å². The molecule has 0 amide bonds. The molecule has 2 nitrogen and oxygen atoms in total. The van der Waals surface area contributed by atoms with Crippen LogP contribution in [0.25, 0.3) is 0 Å². The lowest BCUT2D eigenvalue weighted by molar-refractivity contribution is 0.280. The molecule has 1 rings (SSSR count). The first-order chi connectivity index (χ1) is 7.13. The van der Waals surface area contributed by atoms with Gasteiger partial charge in [-0.2, -0.15) is 12.6 Å². The van der Waals surface area contributed by atoms with Gasteiger partial charge in [-0.25, -0.2) is 0 Å². The van der Waals surface area contributed by atoms with Crippen molar-refractivity contribution in [2.24, 2.45) is 5.92 Å². The van der Waals surface area contributed by atoms with Gasteiger partial charge in [0, 0.05) is 5.25 Å². The summed E-state index contributed by atoms with van der Waals surface area (Å²) in [5.41, 5.74) is 0.897. The van der Waals surface area contributed by atoms with Crippen LogP contribution >= 0.6 is 12.6 Å². The molecule has 1 atom stereocenters. The summed E-state index contributed by atoms with van der Waals surface area (Å²) in [6.45, 7) is 4.92. The summed E-state index contributed by atoms with van der Waals surface area (Å²) >= 11 is 4.43. The molecule has 0 aliphatic rings. The molecular weight excluding hydrogens is 208 g/mol. The Morgan fingerprint density at radius 1 is 1.27 bits per heavy atom. The monoisotopic (exact) mass is 226 g/mol.